The van der Waals surface area contributed by atoms with Crippen molar-refractivity contribution in [2.75, 3.05) is 71.0 Å². The summed E-state index contributed by atoms with van der Waals surface area (Å²) in [6.45, 7) is 28.2. The van der Waals surface area contributed by atoms with Crippen LogP contribution in [0.3, 0.4) is 0 Å². The summed E-state index contributed by atoms with van der Waals surface area (Å²) >= 11 is 16.1. The number of nitrogens with one attached hydrogen (secondary N) is 1. The highest BCUT2D eigenvalue weighted by molar-refractivity contribution is 6.33. The van der Waals surface area contributed by atoms with Gasteiger partial charge in [-0.05, 0) is 100 Å². The Bertz CT molecular complexity index is 1600. The molecule has 2 fully saturated rings. The van der Waals surface area contributed by atoms with Crippen molar-refractivity contribution in [1.29, 1.82) is 0 Å². The van der Waals surface area contributed by atoms with E-state index in [0.29, 0.717) is 44.1 Å². The molecule has 2 aliphatic rings. The molecule has 2 aromatic rings. The zero-order valence-electron chi connectivity index (χ0n) is 37.1. The normalized spacial score (nSPS) is 14.8. The first-order valence-electron chi connectivity index (χ1n) is 19.7. The number of halogens is 10. The van der Waals surface area contributed by atoms with Crippen molar-refractivity contribution in [1.82, 2.24) is 30.0 Å². The Kier molecular flexibility index (Phi) is 25.8. The largest absolute Gasteiger partial charge is 0.444 e. The maximum Gasteiger partial charge on any atom is 0.419 e. The number of hydrogen-bond donors (Lipinski definition) is 1. The van der Waals surface area contributed by atoms with Gasteiger partial charge in [0.2, 0.25) is 0 Å². The summed E-state index contributed by atoms with van der Waals surface area (Å²) in [6.07, 6.45) is -9.61. The van der Waals surface area contributed by atoms with Crippen LogP contribution < -0.4 is 10.2 Å². The lowest BCUT2D eigenvalue weighted by atomic mass is 10.2. The van der Waals surface area contributed by atoms with Crippen LogP contribution in [0.2, 0.25) is 15.5 Å². The van der Waals surface area contributed by atoms with Gasteiger partial charge in [-0.25, -0.2) is 19.6 Å². The van der Waals surface area contributed by atoms with Gasteiger partial charge in [0, 0.05) is 64.4 Å². The van der Waals surface area contributed by atoms with E-state index in [2.05, 4.69) is 54.8 Å². The van der Waals surface area contributed by atoms with E-state index in [1.54, 1.807) is 35.5 Å². The van der Waals surface area contributed by atoms with Gasteiger partial charge in [0.05, 0.1) is 19.7 Å². The molecule has 21 heteroatoms. The monoisotopic (exact) mass is 946 g/mol. The second kappa shape index (κ2) is 27.2. The van der Waals surface area contributed by atoms with Crippen LogP contribution in [0.15, 0.2) is 24.3 Å². The number of nitrogens with zero attached hydrogens (tertiary/aromatic N) is 6. The molecule has 2 aromatic heterocycles. The molecule has 2 aliphatic heterocycles. The molecule has 0 spiro atoms. The van der Waals surface area contributed by atoms with Crippen molar-refractivity contribution in [3.8, 4) is 0 Å². The highest BCUT2D eigenvalue weighted by atomic mass is 35.5. The third-order valence-corrected chi connectivity index (χ3v) is 8.76. The van der Waals surface area contributed by atoms with E-state index in [9.17, 15) is 40.3 Å². The smallest absolute Gasteiger partial charge is 0.419 e. The Balaban J connectivity index is 0. The van der Waals surface area contributed by atoms with Crippen molar-refractivity contribution in [2.45, 2.75) is 119 Å². The maximum atomic E-state index is 12.7. The summed E-state index contributed by atoms with van der Waals surface area (Å²) in [5, 5.41) is 1.92. The molecule has 0 aromatic carbocycles. The zero-order valence-corrected chi connectivity index (χ0v) is 38.4. The van der Waals surface area contributed by atoms with Crippen LogP contribution in [0.4, 0.5) is 46.1 Å². The molecule has 2 amide bonds. The fourth-order valence-electron chi connectivity index (χ4n) is 5.38. The van der Waals surface area contributed by atoms with Crippen molar-refractivity contribution < 1.29 is 51.2 Å². The summed E-state index contributed by atoms with van der Waals surface area (Å²) in [4.78, 5) is 38.1. The van der Waals surface area contributed by atoms with Crippen LogP contribution in [0.1, 0.15) is 96.1 Å². The third kappa shape index (κ3) is 23.8. The van der Waals surface area contributed by atoms with E-state index in [0.717, 1.165) is 50.9 Å². The van der Waals surface area contributed by atoms with Crippen LogP contribution in [-0.4, -0.2) is 126 Å². The third-order valence-electron chi connectivity index (χ3n) is 7.98. The number of anilines is 1. The fourth-order valence-corrected chi connectivity index (χ4v) is 6.09. The Hall–Kier alpha value is -3.06. The number of carbonyl (C=O) groups is 2. The number of hydrogen-bond acceptors (Lipinski definition) is 9. The van der Waals surface area contributed by atoms with Gasteiger partial charge in [-0.15, -0.1) is 0 Å². The SMILES string of the molecule is C.CC(C)(C)OC(=O)N1CCN(c2ccc(C(F)(F)F)c(Cl)n2)CC1.CC(C)(C)OC(=O)N1CCNCC1.CCN(C(C)C)C(C)C.FC(F)(F)c1ccc(Cl)nc1Cl.[2H]CF. The number of carbonyl (C=O) groups excluding carboxylic acids is 2. The Morgan fingerprint density at radius 2 is 1.11 bits per heavy atom. The van der Waals surface area contributed by atoms with E-state index >= 15 is 0 Å². The number of piperazine rings is 2. The Morgan fingerprint density at radius 1 is 0.738 bits per heavy atom. The van der Waals surface area contributed by atoms with Crippen LogP contribution >= 0.6 is 34.8 Å². The number of aromatic nitrogens is 2. The van der Waals surface area contributed by atoms with Crippen LogP contribution in [0.25, 0.3) is 0 Å². The van der Waals surface area contributed by atoms with Crippen molar-refractivity contribution in [3.63, 3.8) is 0 Å². The second-order valence-electron chi connectivity index (χ2n) is 15.7. The maximum absolute atomic E-state index is 12.7. The molecule has 0 aliphatic carbocycles. The van der Waals surface area contributed by atoms with Crippen LogP contribution in [0, 0.1) is 0 Å². The summed E-state index contributed by atoms with van der Waals surface area (Å²) < 4.78 is 100. The van der Waals surface area contributed by atoms with E-state index < -0.39 is 52.6 Å². The number of alkyl halides is 7. The number of pyridine rings is 2. The van der Waals surface area contributed by atoms with Crippen molar-refractivity contribution in [2.24, 2.45) is 0 Å². The fraction of sp³-hybridized carbons (Fsp3) is 0.700. The van der Waals surface area contributed by atoms with Gasteiger partial charge in [-0.1, -0.05) is 49.2 Å². The number of rotatable bonds is 4. The topological polar surface area (TPSA) is 103 Å². The average Bonchev–Trinajstić information content (AvgIpc) is 3.10. The summed E-state index contributed by atoms with van der Waals surface area (Å²) in [7, 11) is -1.00. The summed E-state index contributed by atoms with van der Waals surface area (Å²) in [6, 6.07) is 5.42. The van der Waals surface area contributed by atoms with E-state index in [1.807, 2.05) is 20.8 Å². The predicted molar refractivity (Wildman–Crippen MR) is 231 cm³/mol. The van der Waals surface area contributed by atoms with Gasteiger partial charge in [-0.2, -0.15) is 26.3 Å². The van der Waals surface area contributed by atoms with Gasteiger partial charge in [0.1, 0.15) is 32.5 Å². The lowest BCUT2D eigenvalue weighted by molar-refractivity contribution is -0.138. The zero-order chi connectivity index (χ0) is 47.5. The van der Waals surface area contributed by atoms with Gasteiger partial charge in [0.25, 0.3) is 0 Å². The molecule has 0 bridgehead atoms. The second-order valence-corrected chi connectivity index (χ2v) is 16.8. The molecular weight excluding hydrogens is 882 g/mol. The van der Waals surface area contributed by atoms with E-state index in [1.165, 1.54) is 6.07 Å². The average molecular weight is 948 g/mol. The van der Waals surface area contributed by atoms with Crippen molar-refractivity contribution >= 4 is 52.8 Å². The molecular formula is C40H65Cl3F7N7O4. The minimum absolute atomic E-state index is 0. The minimum Gasteiger partial charge on any atom is -0.444 e. The van der Waals surface area contributed by atoms with Crippen molar-refractivity contribution in [3.05, 3.63) is 50.9 Å². The summed E-state index contributed by atoms with van der Waals surface area (Å²) in [5.41, 5.74) is -2.90. The molecule has 354 valence electrons. The standard InChI is InChI=1S/C15H19ClF3N3O2.C9H18N2O2.C8H19N.C6H2Cl2F3N.CH3F.CH4/c1-14(2,3)24-13(23)22-8-6-21(7-9-22)11-5-4-10(12(16)20-11)15(17,18)19;1-9(2,3)13-8(12)11-6-4-10-5-7-11;1-6-9(7(2)3)8(4)5;7-4-2-1-3(5(8)12-4)6(9,10)11;1-2;/h4-5H,6-9H2,1-3H3;10H,4-7H2,1-3H3;7-8H,6H2,1-5H3;1-2H;1H3;1H4/i;;;;1D;. The molecule has 0 unspecified atom stereocenters. The van der Waals surface area contributed by atoms with Crippen LogP contribution in [0.5, 0.6) is 0 Å². The lowest BCUT2D eigenvalue weighted by Crippen LogP contribution is -2.50. The first-order valence-corrected chi connectivity index (χ1v) is 20.2. The molecule has 0 atom stereocenters. The van der Waals surface area contributed by atoms with Gasteiger partial charge in [0.15, 0.2) is 0 Å². The van der Waals surface area contributed by atoms with E-state index in [4.69, 9.17) is 45.6 Å². The molecule has 4 heterocycles. The van der Waals surface area contributed by atoms with Gasteiger partial charge in [-0.3, -0.25) is 9.29 Å². The molecule has 61 heavy (non-hydrogen) atoms. The van der Waals surface area contributed by atoms with Gasteiger partial charge >= 0.3 is 24.5 Å². The highest BCUT2D eigenvalue weighted by Gasteiger charge is 2.35. The Labute approximate surface area is 374 Å². The number of ether oxygens (including phenoxy) is 2. The summed E-state index contributed by atoms with van der Waals surface area (Å²) in [5.74, 6) is 0.358. The first-order chi connectivity index (χ1) is 27.9. The quantitative estimate of drug-likeness (QED) is 0.237. The predicted octanol–water partition coefficient (Wildman–Crippen LogP) is 11.4. The first kappa shape index (κ1) is 57.9. The van der Waals surface area contributed by atoms with Gasteiger partial charge < -0.3 is 29.5 Å². The minimum atomic E-state index is -4.53. The van der Waals surface area contributed by atoms with E-state index in [-0.39, 0.29) is 24.3 Å². The molecule has 1 N–H and O–H groups in total. The molecule has 0 radical (unpaired) electrons. The number of amides is 2. The molecule has 2 saturated heterocycles. The molecule has 0 saturated carbocycles. The highest BCUT2D eigenvalue weighted by Crippen LogP contribution is 2.35. The molecule has 11 nitrogen and oxygen atoms in total. The lowest BCUT2D eigenvalue weighted by Gasteiger charge is -2.36. The Morgan fingerprint density at radius 3 is 1.43 bits per heavy atom. The molecule has 4 rings (SSSR count). The van der Waals surface area contributed by atoms with Crippen LogP contribution in [-0.2, 0) is 21.8 Å².